The smallest absolute Gasteiger partial charge is 0.165 e. The molecule has 6 nitrogen and oxygen atoms in total. The summed E-state index contributed by atoms with van der Waals surface area (Å²) >= 11 is 0. The third-order valence-corrected chi connectivity index (χ3v) is 4.36. The number of nitrogens with one attached hydrogen (secondary N) is 1. The van der Waals surface area contributed by atoms with E-state index in [1.54, 1.807) is 36.4 Å². The minimum Gasteiger partial charge on any atom is -0.312 e. The SMILES string of the molecule is Cc1ccccc1C(=O)CC(C#N)C#N.Cc1ccccc1C(=O)CC(C#N)C=N. The molecule has 1 atom stereocenters. The number of Topliss-reactive ketones (excluding diaryl/α,β-unsaturated/α-hetero) is 2. The van der Waals surface area contributed by atoms with Gasteiger partial charge in [0.15, 0.2) is 11.6 Å². The zero-order valence-corrected chi connectivity index (χ0v) is 16.9. The zero-order chi connectivity index (χ0) is 22.5. The maximum absolute atomic E-state index is 11.7. The number of benzene rings is 2. The number of carbonyl (C=O) groups excluding carboxylic acids is 2. The van der Waals surface area contributed by atoms with E-state index in [0.29, 0.717) is 11.1 Å². The van der Waals surface area contributed by atoms with E-state index < -0.39 is 11.8 Å². The maximum Gasteiger partial charge on any atom is 0.165 e. The van der Waals surface area contributed by atoms with Crippen LogP contribution in [0, 0.1) is 65.1 Å². The molecule has 0 saturated heterocycles. The average molecular weight is 398 g/mol. The Bertz CT molecular complexity index is 1020. The molecule has 0 fully saturated rings. The lowest BCUT2D eigenvalue weighted by molar-refractivity contribution is 0.0968. The van der Waals surface area contributed by atoms with Gasteiger partial charge in [0.1, 0.15) is 5.92 Å². The standard InChI is InChI=1S/C12H12N2O.C12H10N2O/c2*1-9-4-2-3-5-11(9)12(15)6-10(7-13)8-14/h2-5,7,10,13H,6H2,1H3;2-5,10H,6H2,1H3. The Morgan fingerprint density at radius 3 is 1.63 bits per heavy atom. The molecule has 1 unspecified atom stereocenters. The average Bonchev–Trinajstić information content (AvgIpc) is 2.76. The molecule has 0 amide bonds. The minimum absolute atomic E-state index is 0.0299. The van der Waals surface area contributed by atoms with E-state index in [0.717, 1.165) is 17.3 Å². The highest BCUT2D eigenvalue weighted by Crippen LogP contribution is 2.14. The second-order valence-corrected chi connectivity index (χ2v) is 6.60. The first-order valence-corrected chi connectivity index (χ1v) is 9.25. The van der Waals surface area contributed by atoms with Crippen LogP contribution >= 0.6 is 0 Å². The van der Waals surface area contributed by atoms with Crippen LogP contribution < -0.4 is 0 Å². The zero-order valence-electron chi connectivity index (χ0n) is 16.9. The highest BCUT2D eigenvalue weighted by molar-refractivity contribution is 5.99. The Kier molecular flexibility index (Phi) is 9.90. The first-order chi connectivity index (χ1) is 14.4. The van der Waals surface area contributed by atoms with Gasteiger partial charge in [-0.2, -0.15) is 15.8 Å². The summed E-state index contributed by atoms with van der Waals surface area (Å²) in [6.45, 7) is 3.69. The largest absolute Gasteiger partial charge is 0.312 e. The van der Waals surface area contributed by atoms with Crippen LogP contribution in [0.5, 0.6) is 0 Å². The third kappa shape index (κ3) is 7.15. The molecule has 30 heavy (non-hydrogen) atoms. The van der Waals surface area contributed by atoms with Crippen molar-refractivity contribution in [1.29, 1.82) is 21.2 Å². The summed E-state index contributed by atoms with van der Waals surface area (Å²) in [5, 5.41) is 32.7. The van der Waals surface area contributed by atoms with Crippen molar-refractivity contribution in [2.24, 2.45) is 11.8 Å². The van der Waals surface area contributed by atoms with E-state index in [-0.39, 0.29) is 24.4 Å². The predicted molar refractivity (Wildman–Crippen MR) is 113 cm³/mol. The summed E-state index contributed by atoms with van der Waals surface area (Å²) in [4.78, 5) is 23.4. The fourth-order valence-corrected chi connectivity index (χ4v) is 2.64. The van der Waals surface area contributed by atoms with Crippen LogP contribution in [-0.2, 0) is 0 Å². The van der Waals surface area contributed by atoms with Gasteiger partial charge in [0, 0.05) is 30.2 Å². The minimum atomic E-state index is -0.850. The maximum atomic E-state index is 11.7. The molecule has 0 radical (unpaired) electrons. The number of nitrogens with zero attached hydrogens (tertiary/aromatic N) is 3. The first-order valence-electron chi connectivity index (χ1n) is 9.25. The van der Waals surface area contributed by atoms with Crippen LogP contribution in [0.3, 0.4) is 0 Å². The molecule has 0 bridgehead atoms. The summed E-state index contributed by atoms with van der Waals surface area (Å²) in [7, 11) is 0. The predicted octanol–water partition coefficient (Wildman–Crippen LogP) is 4.59. The molecule has 0 aliphatic carbocycles. The monoisotopic (exact) mass is 398 g/mol. The molecule has 1 N–H and O–H groups in total. The van der Waals surface area contributed by atoms with Crippen LogP contribution in [0.2, 0.25) is 0 Å². The van der Waals surface area contributed by atoms with Crippen molar-refractivity contribution < 1.29 is 9.59 Å². The summed E-state index contributed by atoms with van der Waals surface area (Å²) < 4.78 is 0. The van der Waals surface area contributed by atoms with E-state index in [9.17, 15) is 9.59 Å². The van der Waals surface area contributed by atoms with Crippen molar-refractivity contribution >= 4 is 17.8 Å². The third-order valence-electron chi connectivity index (χ3n) is 4.36. The highest BCUT2D eigenvalue weighted by Gasteiger charge is 2.15. The van der Waals surface area contributed by atoms with Crippen molar-refractivity contribution in [1.82, 2.24) is 0 Å². The van der Waals surface area contributed by atoms with E-state index >= 15 is 0 Å². The van der Waals surface area contributed by atoms with Gasteiger partial charge in [0.05, 0.1) is 24.1 Å². The van der Waals surface area contributed by atoms with Crippen LogP contribution in [0.25, 0.3) is 0 Å². The van der Waals surface area contributed by atoms with Crippen molar-refractivity contribution in [2.45, 2.75) is 26.7 Å². The molecule has 0 heterocycles. The number of ketones is 2. The number of rotatable bonds is 7. The Morgan fingerprint density at radius 2 is 1.27 bits per heavy atom. The van der Waals surface area contributed by atoms with Gasteiger partial charge in [0.25, 0.3) is 0 Å². The van der Waals surface area contributed by atoms with Gasteiger partial charge in [-0.05, 0) is 25.0 Å². The van der Waals surface area contributed by atoms with E-state index in [2.05, 4.69) is 0 Å². The number of hydrogen-bond donors (Lipinski definition) is 1. The first kappa shape index (κ1) is 24.0. The topological polar surface area (TPSA) is 129 Å². The van der Waals surface area contributed by atoms with Gasteiger partial charge in [-0.3, -0.25) is 9.59 Å². The Morgan fingerprint density at radius 1 is 0.833 bits per heavy atom. The molecule has 0 aliphatic rings. The van der Waals surface area contributed by atoms with E-state index in [1.807, 2.05) is 44.2 Å². The van der Waals surface area contributed by atoms with Crippen molar-refractivity contribution in [3.05, 3.63) is 70.8 Å². The molecule has 0 aliphatic heterocycles. The Hall–Kier alpha value is -4.08. The van der Waals surface area contributed by atoms with Gasteiger partial charge in [-0.25, -0.2) is 0 Å². The molecule has 150 valence electrons. The van der Waals surface area contributed by atoms with Crippen molar-refractivity contribution in [2.75, 3.05) is 0 Å². The summed E-state index contributed by atoms with van der Waals surface area (Å²) in [5.41, 5.74) is 3.01. The normalized spacial score (nSPS) is 10.4. The number of nitriles is 3. The summed E-state index contributed by atoms with van der Waals surface area (Å²) in [6, 6.07) is 19.9. The van der Waals surface area contributed by atoms with Gasteiger partial charge in [-0.15, -0.1) is 0 Å². The van der Waals surface area contributed by atoms with Crippen molar-refractivity contribution in [3.63, 3.8) is 0 Å². The number of hydrogen-bond acceptors (Lipinski definition) is 6. The second-order valence-electron chi connectivity index (χ2n) is 6.60. The van der Waals surface area contributed by atoms with Crippen LogP contribution in [0.15, 0.2) is 48.5 Å². The summed E-state index contributed by atoms with van der Waals surface area (Å²) in [6.07, 6.45) is 1.07. The highest BCUT2D eigenvalue weighted by atomic mass is 16.1. The molecule has 6 heteroatoms. The fraction of sp³-hybridized carbons (Fsp3) is 0.250. The molecular weight excluding hydrogens is 376 g/mol. The fourth-order valence-electron chi connectivity index (χ4n) is 2.64. The molecule has 2 aromatic carbocycles. The van der Waals surface area contributed by atoms with Crippen LogP contribution in [0.4, 0.5) is 0 Å². The van der Waals surface area contributed by atoms with Crippen LogP contribution in [-0.4, -0.2) is 17.8 Å². The van der Waals surface area contributed by atoms with E-state index in [4.69, 9.17) is 21.2 Å². The van der Waals surface area contributed by atoms with Crippen molar-refractivity contribution in [3.8, 4) is 18.2 Å². The lowest BCUT2D eigenvalue weighted by Gasteiger charge is -2.05. The quantitative estimate of drug-likeness (QED) is 0.538. The lowest BCUT2D eigenvalue weighted by Crippen LogP contribution is -2.09. The molecule has 0 spiro atoms. The second kappa shape index (κ2) is 12.4. The van der Waals surface area contributed by atoms with E-state index in [1.165, 1.54) is 0 Å². The van der Waals surface area contributed by atoms with Gasteiger partial charge in [-0.1, -0.05) is 48.5 Å². The molecule has 0 saturated carbocycles. The molecule has 2 aromatic rings. The van der Waals surface area contributed by atoms with Gasteiger partial charge in [0.2, 0.25) is 0 Å². The lowest BCUT2D eigenvalue weighted by atomic mass is 9.97. The summed E-state index contributed by atoms with van der Waals surface area (Å²) in [5.74, 6) is -1.70. The molecular formula is C24H22N4O2. The molecule has 2 rings (SSSR count). The Balaban J connectivity index is 0.000000300. The van der Waals surface area contributed by atoms with Crippen LogP contribution in [0.1, 0.15) is 44.7 Å². The molecule has 0 aromatic heterocycles. The number of carbonyl (C=O) groups is 2. The Labute approximate surface area is 176 Å². The van der Waals surface area contributed by atoms with Gasteiger partial charge >= 0.3 is 0 Å². The van der Waals surface area contributed by atoms with Gasteiger partial charge < -0.3 is 5.41 Å². The number of aryl methyl sites for hydroxylation is 2.